The van der Waals surface area contributed by atoms with Crippen LogP contribution in [0.4, 0.5) is 0 Å². The first kappa shape index (κ1) is 17.3. The molecule has 0 fully saturated rings. The summed E-state index contributed by atoms with van der Waals surface area (Å²) in [6.45, 7) is 1.94. The van der Waals surface area contributed by atoms with Crippen LogP contribution in [0.5, 0.6) is 11.5 Å². The summed E-state index contributed by atoms with van der Waals surface area (Å²) in [5.41, 5.74) is 0.404. The van der Waals surface area contributed by atoms with Crippen molar-refractivity contribution >= 4 is 5.91 Å². The molecule has 0 unspecified atom stereocenters. The van der Waals surface area contributed by atoms with E-state index in [-0.39, 0.29) is 11.9 Å². The molecule has 0 bridgehead atoms. The minimum atomic E-state index is -0.504. The van der Waals surface area contributed by atoms with Crippen molar-refractivity contribution in [3.63, 3.8) is 0 Å². The fraction of sp³-hybridized carbons (Fsp3) is 0.533. The van der Waals surface area contributed by atoms with Crippen LogP contribution in [0, 0.1) is 0 Å². The van der Waals surface area contributed by atoms with Gasteiger partial charge in [-0.3, -0.25) is 4.79 Å². The molecule has 0 aliphatic heterocycles. The fourth-order valence-corrected chi connectivity index (χ4v) is 2.10. The topological polar surface area (TPSA) is 66.0 Å². The molecule has 0 spiro atoms. The molecule has 6 nitrogen and oxygen atoms in total. The van der Waals surface area contributed by atoms with E-state index in [1.807, 2.05) is 6.92 Å². The fourth-order valence-electron chi connectivity index (χ4n) is 2.10. The zero-order valence-corrected chi connectivity index (χ0v) is 13.1. The van der Waals surface area contributed by atoms with Gasteiger partial charge in [0.2, 0.25) is 0 Å². The van der Waals surface area contributed by atoms with Gasteiger partial charge < -0.3 is 24.3 Å². The number of para-hydroxylation sites is 1. The van der Waals surface area contributed by atoms with E-state index in [0.717, 1.165) is 0 Å². The highest BCUT2D eigenvalue weighted by Crippen LogP contribution is 2.30. The van der Waals surface area contributed by atoms with Crippen molar-refractivity contribution in [2.24, 2.45) is 0 Å². The summed E-state index contributed by atoms with van der Waals surface area (Å²) in [4.78, 5) is 12.4. The van der Waals surface area contributed by atoms with Crippen LogP contribution in [0.2, 0.25) is 0 Å². The number of rotatable bonds is 8. The predicted molar refractivity (Wildman–Crippen MR) is 78.9 cm³/mol. The molecule has 0 radical (unpaired) electrons. The van der Waals surface area contributed by atoms with Gasteiger partial charge in [-0.25, -0.2) is 0 Å². The van der Waals surface area contributed by atoms with E-state index in [1.54, 1.807) is 18.2 Å². The van der Waals surface area contributed by atoms with Gasteiger partial charge in [0.25, 0.3) is 5.91 Å². The lowest BCUT2D eigenvalue weighted by Gasteiger charge is -2.25. The first-order valence-corrected chi connectivity index (χ1v) is 6.70. The van der Waals surface area contributed by atoms with Gasteiger partial charge in [0.1, 0.15) is 0 Å². The Labute approximate surface area is 125 Å². The quantitative estimate of drug-likeness (QED) is 0.742. The molecule has 0 aliphatic carbocycles. The van der Waals surface area contributed by atoms with Gasteiger partial charge in [0.05, 0.1) is 25.8 Å². The SMILES string of the molecule is CC[C@@H](NC(=O)c1cccc(OC)c1OC)C(OC)OC. The van der Waals surface area contributed by atoms with Crippen LogP contribution in [-0.2, 0) is 9.47 Å². The van der Waals surface area contributed by atoms with Gasteiger partial charge >= 0.3 is 0 Å². The molecule has 0 aromatic heterocycles. The molecule has 1 atom stereocenters. The number of methoxy groups -OCH3 is 4. The first-order chi connectivity index (χ1) is 10.1. The molecule has 1 N–H and O–H groups in total. The highest BCUT2D eigenvalue weighted by Gasteiger charge is 2.24. The number of amides is 1. The standard InChI is InChI=1S/C15H23NO5/c1-6-11(15(20-4)21-5)16-14(17)10-8-7-9-12(18-2)13(10)19-3/h7-9,11,15H,6H2,1-5H3,(H,16,17)/t11-/m1/s1. The molecule has 0 saturated carbocycles. The molecule has 21 heavy (non-hydrogen) atoms. The average Bonchev–Trinajstić information content (AvgIpc) is 2.53. The Morgan fingerprint density at radius 1 is 1.14 bits per heavy atom. The molecule has 1 aromatic carbocycles. The second kappa shape index (κ2) is 8.49. The molecule has 1 aromatic rings. The number of hydrogen-bond donors (Lipinski definition) is 1. The van der Waals surface area contributed by atoms with Gasteiger partial charge in [0, 0.05) is 14.2 Å². The zero-order chi connectivity index (χ0) is 15.8. The summed E-state index contributed by atoms with van der Waals surface area (Å²) in [7, 11) is 6.10. The normalized spacial score (nSPS) is 12.1. The Morgan fingerprint density at radius 3 is 2.29 bits per heavy atom. The summed E-state index contributed by atoms with van der Waals surface area (Å²) < 4.78 is 20.9. The summed E-state index contributed by atoms with van der Waals surface area (Å²) in [5.74, 6) is 0.642. The lowest BCUT2D eigenvalue weighted by molar-refractivity contribution is -0.121. The maximum absolute atomic E-state index is 12.4. The molecule has 0 saturated heterocycles. The summed E-state index contributed by atoms with van der Waals surface area (Å²) in [6, 6.07) is 4.89. The molecular weight excluding hydrogens is 274 g/mol. The highest BCUT2D eigenvalue weighted by atomic mass is 16.7. The maximum atomic E-state index is 12.4. The van der Waals surface area contributed by atoms with Gasteiger partial charge in [0.15, 0.2) is 17.8 Å². The monoisotopic (exact) mass is 297 g/mol. The highest BCUT2D eigenvalue weighted by molar-refractivity contribution is 5.98. The third-order valence-electron chi connectivity index (χ3n) is 3.20. The zero-order valence-electron chi connectivity index (χ0n) is 13.1. The van der Waals surface area contributed by atoms with Crippen LogP contribution in [0.25, 0.3) is 0 Å². The van der Waals surface area contributed by atoms with Gasteiger partial charge in [-0.15, -0.1) is 0 Å². The second-order valence-electron chi connectivity index (χ2n) is 4.37. The summed E-state index contributed by atoms with van der Waals surface area (Å²) >= 11 is 0. The Kier molecular flexibility index (Phi) is 6.98. The van der Waals surface area contributed by atoms with Crippen LogP contribution in [0.1, 0.15) is 23.7 Å². The Hall–Kier alpha value is -1.79. The number of hydrogen-bond acceptors (Lipinski definition) is 5. The minimum absolute atomic E-state index is 0.261. The van der Waals surface area contributed by atoms with Crippen LogP contribution < -0.4 is 14.8 Å². The molecule has 0 aliphatic rings. The van der Waals surface area contributed by atoms with Crippen molar-refractivity contribution in [2.45, 2.75) is 25.7 Å². The second-order valence-corrected chi connectivity index (χ2v) is 4.37. The first-order valence-electron chi connectivity index (χ1n) is 6.70. The smallest absolute Gasteiger partial charge is 0.255 e. The van der Waals surface area contributed by atoms with Crippen molar-refractivity contribution < 1.29 is 23.7 Å². The molecule has 6 heteroatoms. The largest absolute Gasteiger partial charge is 0.493 e. The van der Waals surface area contributed by atoms with Crippen molar-refractivity contribution in [2.75, 3.05) is 28.4 Å². The maximum Gasteiger partial charge on any atom is 0.255 e. The van der Waals surface area contributed by atoms with E-state index in [0.29, 0.717) is 23.5 Å². The number of nitrogens with one attached hydrogen (secondary N) is 1. The number of benzene rings is 1. The average molecular weight is 297 g/mol. The van der Waals surface area contributed by atoms with Crippen molar-refractivity contribution in [1.29, 1.82) is 0 Å². The van der Waals surface area contributed by atoms with Crippen molar-refractivity contribution in [3.05, 3.63) is 23.8 Å². The van der Waals surface area contributed by atoms with Crippen LogP contribution in [0.15, 0.2) is 18.2 Å². The number of carbonyl (C=O) groups is 1. The molecule has 1 amide bonds. The Morgan fingerprint density at radius 2 is 1.81 bits per heavy atom. The van der Waals surface area contributed by atoms with Crippen molar-refractivity contribution in [1.82, 2.24) is 5.32 Å². The summed E-state index contributed by atoms with van der Waals surface area (Å²) in [6.07, 6.45) is 0.167. The van der Waals surface area contributed by atoms with Crippen LogP contribution in [-0.4, -0.2) is 46.7 Å². The van der Waals surface area contributed by atoms with E-state index < -0.39 is 6.29 Å². The third kappa shape index (κ3) is 4.09. The minimum Gasteiger partial charge on any atom is -0.493 e. The number of carbonyl (C=O) groups excluding carboxylic acids is 1. The van der Waals surface area contributed by atoms with Crippen LogP contribution >= 0.6 is 0 Å². The van der Waals surface area contributed by atoms with E-state index in [1.165, 1.54) is 28.4 Å². The van der Waals surface area contributed by atoms with E-state index in [2.05, 4.69) is 5.32 Å². The Bertz CT molecular complexity index is 459. The van der Waals surface area contributed by atoms with Gasteiger partial charge in [-0.1, -0.05) is 13.0 Å². The molecule has 0 heterocycles. The van der Waals surface area contributed by atoms with E-state index in [4.69, 9.17) is 18.9 Å². The molecule has 1 rings (SSSR count). The molecule has 118 valence electrons. The lowest BCUT2D eigenvalue weighted by Crippen LogP contribution is -2.44. The Balaban J connectivity index is 2.98. The predicted octanol–water partition coefficient (Wildman–Crippen LogP) is 1.83. The number of ether oxygens (including phenoxy) is 4. The summed E-state index contributed by atoms with van der Waals surface area (Å²) in [5, 5.41) is 2.89. The van der Waals surface area contributed by atoms with Crippen molar-refractivity contribution in [3.8, 4) is 11.5 Å². The van der Waals surface area contributed by atoms with Crippen LogP contribution in [0.3, 0.4) is 0 Å². The van der Waals surface area contributed by atoms with E-state index >= 15 is 0 Å². The van der Waals surface area contributed by atoms with Gasteiger partial charge in [-0.2, -0.15) is 0 Å². The van der Waals surface area contributed by atoms with Gasteiger partial charge in [-0.05, 0) is 18.6 Å². The molecular formula is C15H23NO5. The third-order valence-corrected chi connectivity index (χ3v) is 3.20. The van der Waals surface area contributed by atoms with E-state index in [9.17, 15) is 4.79 Å². The lowest BCUT2D eigenvalue weighted by atomic mass is 10.1.